The maximum atomic E-state index is 5.61. The van der Waals surface area contributed by atoms with Gasteiger partial charge in [-0.05, 0) is 112 Å². The Morgan fingerprint density at radius 2 is 1.03 bits per heavy atom. The Labute approximate surface area is 374 Å². The van der Waals surface area contributed by atoms with Gasteiger partial charge < -0.3 is 4.98 Å². The topological polar surface area (TPSA) is 64.3 Å². The molecule has 5 aromatic heterocycles. The molecule has 0 aliphatic rings. The number of hydrogen-bond acceptors (Lipinski definition) is 3. The van der Waals surface area contributed by atoms with Gasteiger partial charge in [0.05, 0.1) is 27.6 Å². The molecule has 0 aliphatic heterocycles. The van der Waals surface area contributed by atoms with E-state index in [-0.39, 0.29) is 0 Å². The van der Waals surface area contributed by atoms with Gasteiger partial charge in [0.2, 0.25) is 0 Å². The molecule has 8 aromatic carbocycles. The summed E-state index contributed by atoms with van der Waals surface area (Å²) in [6, 6.07) is 73.4. The first-order valence-electron chi connectivity index (χ1n) is 21.9. The van der Waals surface area contributed by atoms with E-state index in [1.807, 2.05) is 18.6 Å². The number of aromatic nitrogens is 6. The van der Waals surface area contributed by atoms with E-state index < -0.39 is 0 Å². The summed E-state index contributed by atoms with van der Waals surface area (Å²) in [6.07, 6.45) is 5.66. The monoisotopic (exact) mass is 830 g/mol. The summed E-state index contributed by atoms with van der Waals surface area (Å²) in [5, 5.41) is 4.66. The Hall–Kier alpha value is -8.87. The second-order valence-corrected chi connectivity index (χ2v) is 16.5. The molecule has 304 valence electrons. The smallest absolute Gasteiger partial charge is 0.147 e. The number of hydrogen-bond donors (Lipinski definition) is 1. The molecule has 6 nitrogen and oxygen atoms in total. The molecule has 0 saturated carbocycles. The Morgan fingerprint density at radius 1 is 0.369 bits per heavy atom. The molecular weight excluding hydrogens is 793 g/mol. The number of nitrogens with zero attached hydrogens (tertiary/aromatic N) is 5. The quantitative estimate of drug-likeness (QED) is 0.174. The van der Waals surface area contributed by atoms with Gasteiger partial charge >= 0.3 is 0 Å². The highest BCUT2D eigenvalue weighted by molar-refractivity contribution is 6.15. The van der Waals surface area contributed by atoms with Crippen LogP contribution in [0.4, 0.5) is 0 Å². The van der Waals surface area contributed by atoms with Crippen LogP contribution in [0.2, 0.25) is 0 Å². The lowest BCUT2D eigenvalue weighted by Gasteiger charge is -2.14. The predicted molar refractivity (Wildman–Crippen MR) is 268 cm³/mol. The molecule has 13 aromatic rings. The lowest BCUT2D eigenvalue weighted by molar-refractivity contribution is 1.08. The summed E-state index contributed by atoms with van der Waals surface area (Å²) >= 11 is 0. The zero-order valence-corrected chi connectivity index (χ0v) is 35.1. The number of pyridine rings is 2. The molecule has 1 N–H and O–H groups in total. The van der Waals surface area contributed by atoms with Crippen LogP contribution in [-0.2, 0) is 0 Å². The zero-order chi connectivity index (χ0) is 42.8. The van der Waals surface area contributed by atoms with Crippen molar-refractivity contribution in [1.82, 2.24) is 29.1 Å². The summed E-state index contributed by atoms with van der Waals surface area (Å²) in [6.45, 7) is 0. The van der Waals surface area contributed by atoms with Crippen LogP contribution in [0.3, 0.4) is 0 Å². The number of rotatable bonds is 7. The third-order valence-corrected chi connectivity index (χ3v) is 12.9. The van der Waals surface area contributed by atoms with Gasteiger partial charge in [-0.25, -0.2) is 9.97 Å². The second kappa shape index (κ2) is 14.9. The number of fused-ring (bicyclic) bond motifs is 7. The molecule has 0 atom stereocenters. The van der Waals surface area contributed by atoms with Crippen molar-refractivity contribution in [3.05, 3.63) is 225 Å². The van der Waals surface area contributed by atoms with Crippen molar-refractivity contribution in [2.24, 2.45) is 0 Å². The van der Waals surface area contributed by atoms with E-state index in [1.165, 1.54) is 10.8 Å². The first-order chi connectivity index (χ1) is 32.2. The Morgan fingerprint density at radius 3 is 1.86 bits per heavy atom. The fraction of sp³-hybridized carbons (Fsp3) is 0. The standard InChI is InChI=1S/C59H38N6/c1-4-14-38(15-5-1)41-30-33-61-56(35-41)65-54-34-42(26-27-46(54)51-36-49(40-28-31-60-32-29-40)50(37-55(51)65)39-16-6-2-7-17-39)44-21-13-25-53-58(44)63-59(64(53)43-18-8-3-9-19-43)48-23-12-22-47-45-20-10-11-24-52(45)62-57(47)48/h1-37,62H. The fourth-order valence-corrected chi connectivity index (χ4v) is 9.87. The van der Waals surface area contributed by atoms with Crippen LogP contribution in [0.25, 0.3) is 122 Å². The van der Waals surface area contributed by atoms with Gasteiger partial charge in [-0.2, -0.15) is 0 Å². The van der Waals surface area contributed by atoms with Crippen LogP contribution < -0.4 is 0 Å². The molecule has 0 fully saturated rings. The molecule has 5 heterocycles. The molecule has 0 spiro atoms. The van der Waals surface area contributed by atoms with Crippen molar-refractivity contribution in [2.45, 2.75) is 0 Å². The number of nitrogens with one attached hydrogen (secondary N) is 1. The minimum Gasteiger partial charge on any atom is -0.354 e. The van der Waals surface area contributed by atoms with Crippen LogP contribution in [0, 0.1) is 0 Å². The molecule has 0 amide bonds. The highest BCUT2D eigenvalue weighted by atomic mass is 15.1. The summed E-state index contributed by atoms with van der Waals surface area (Å²) < 4.78 is 4.65. The van der Waals surface area contributed by atoms with Crippen LogP contribution in [0.5, 0.6) is 0 Å². The molecule has 0 aliphatic carbocycles. The van der Waals surface area contributed by atoms with Crippen molar-refractivity contribution >= 4 is 54.6 Å². The van der Waals surface area contributed by atoms with Crippen molar-refractivity contribution in [3.8, 4) is 67.4 Å². The molecule has 65 heavy (non-hydrogen) atoms. The number of aromatic amines is 1. The number of para-hydroxylation sites is 4. The van der Waals surface area contributed by atoms with E-state index in [1.54, 1.807) is 0 Å². The molecule has 0 saturated heterocycles. The Balaban J connectivity index is 1.08. The normalized spacial score (nSPS) is 11.7. The second-order valence-electron chi connectivity index (χ2n) is 16.5. The van der Waals surface area contributed by atoms with Gasteiger partial charge in [-0.3, -0.25) is 14.1 Å². The predicted octanol–water partition coefficient (Wildman–Crippen LogP) is 14.9. The number of benzene rings is 8. The van der Waals surface area contributed by atoms with E-state index in [0.29, 0.717) is 0 Å². The third-order valence-electron chi connectivity index (χ3n) is 12.9. The molecule has 6 heteroatoms. The van der Waals surface area contributed by atoms with Crippen LogP contribution >= 0.6 is 0 Å². The highest BCUT2D eigenvalue weighted by Gasteiger charge is 2.23. The summed E-state index contributed by atoms with van der Waals surface area (Å²) in [7, 11) is 0. The van der Waals surface area contributed by atoms with E-state index >= 15 is 0 Å². The Kier molecular flexibility index (Phi) is 8.42. The van der Waals surface area contributed by atoms with Gasteiger partial charge in [-0.15, -0.1) is 0 Å². The highest BCUT2D eigenvalue weighted by Crippen LogP contribution is 2.43. The van der Waals surface area contributed by atoms with Crippen LogP contribution in [0.1, 0.15) is 0 Å². The first kappa shape index (κ1) is 36.8. The van der Waals surface area contributed by atoms with Crippen molar-refractivity contribution < 1.29 is 0 Å². The lowest BCUT2D eigenvalue weighted by Crippen LogP contribution is -1.98. The van der Waals surface area contributed by atoms with Gasteiger partial charge in [0.1, 0.15) is 11.6 Å². The fourth-order valence-electron chi connectivity index (χ4n) is 9.87. The molecule has 0 bridgehead atoms. The van der Waals surface area contributed by atoms with Crippen molar-refractivity contribution in [2.75, 3.05) is 0 Å². The Bertz CT molecular complexity index is 3920. The van der Waals surface area contributed by atoms with Crippen LogP contribution in [-0.4, -0.2) is 29.1 Å². The third kappa shape index (κ3) is 5.99. The molecular formula is C59H38N6. The molecule has 0 unspecified atom stereocenters. The number of imidazole rings is 1. The van der Waals surface area contributed by atoms with E-state index in [4.69, 9.17) is 9.97 Å². The molecule has 0 radical (unpaired) electrons. The van der Waals surface area contributed by atoms with Gasteiger partial charge in [-0.1, -0.05) is 133 Å². The summed E-state index contributed by atoms with van der Waals surface area (Å²) in [5.74, 6) is 1.73. The van der Waals surface area contributed by atoms with E-state index in [9.17, 15) is 0 Å². The SMILES string of the molecule is c1ccc(-c2ccnc(-n3c4cc(-c5cccc6c5nc(-c5cccc7c5[nH]c5ccccc57)n6-c5ccccc5)ccc4c4cc(-c5ccncc5)c(-c5ccccc5)cc43)c2)cc1. The largest absolute Gasteiger partial charge is 0.354 e. The average Bonchev–Trinajstić information content (AvgIpc) is 4.06. The minimum absolute atomic E-state index is 0.847. The van der Waals surface area contributed by atoms with Crippen molar-refractivity contribution in [3.63, 3.8) is 0 Å². The minimum atomic E-state index is 0.847. The van der Waals surface area contributed by atoms with Crippen molar-refractivity contribution in [1.29, 1.82) is 0 Å². The van der Waals surface area contributed by atoms with Gasteiger partial charge in [0.15, 0.2) is 0 Å². The first-order valence-corrected chi connectivity index (χ1v) is 21.9. The summed E-state index contributed by atoms with van der Waals surface area (Å²) in [4.78, 5) is 18.8. The average molecular weight is 831 g/mol. The van der Waals surface area contributed by atoms with E-state index in [2.05, 4.69) is 225 Å². The van der Waals surface area contributed by atoms with Gasteiger partial charge in [0, 0.05) is 62.5 Å². The van der Waals surface area contributed by atoms with Gasteiger partial charge in [0.25, 0.3) is 0 Å². The maximum Gasteiger partial charge on any atom is 0.147 e. The number of H-pyrrole nitrogens is 1. The van der Waals surface area contributed by atoms with E-state index in [0.717, 1.165) is 111 Å². The van der Waals surface area contributed by atoms with Crippen LogP contribution in [0.15, 0.2) is 225 Å². The summed E-state index contributed by atoms with van der Waals surface area (Å²) in [5.41, 5.74) is 17.3. The maximum absolute atomic E-state index is 5.61. The molecule has 13 rings (SSSR count). The lowest BCUT2D eigenvalue weighted by atomic mass is 9.93. The zero-order valence-electron chi connectivity index (χ0n) is 35.1.